The molecule has 6 heteroatoms. The Hall–Kier alpha value is -0.390. The van der Waals surface area contributed by atoms with Crippen LogP contribution in [0.4, 0.5) is 13.2 Å². The predicted molar refractivity (Wildman–Crippen MR) is 57.2 cm³/mol. The lowest BCUT2D eigenvalue weighted by Crippen LogP contribution is -2.27. The average Bonchev–Trinajstić information content (AvgIpc) is 2.14. The van der Waals surface area contributed by atoms with Crippen LogP contribution in [0.1, 0.15) is 19.8 Å². The number of aliphatic imine (C=N–C) groups is 1. The molecule has 0 bridgehead atoms. The second-order valence-corrected chi connectivity index (χ2v) is 4.72. The van der Waals surface area contributed by atoms with E-state index in [4.69, 9.17) is 0 Å². The van der Waals surface area contributed by atoms with Gasteiger partial charge in [-0.2, -0.15) is 13.2 Å². The first-order chi connectivity index (χ1) is 6.97. The minimum atomic E-state index is -4.04. The lowest BCUT2D eigenvalue weighted by Gasteiger charge is -2.17. The maximum atomic E-state index is 11.8. The van der Waals surface area contributed by atoms with Gasteiger partial charge in [0.15, 0.2) is 5.17 Å². The third-order valence-electron chi connectivity index (χ3n) is 1.96. The summed E-state index contributed by atoms with van der Waals surface area (Å²) in [7, 11) is 0. The molecule has 0 spiro atoms. The van der Waals surface area contributed by atoms with E-state index in [1.165, 1.54) is 0 Å². The second kappa shape index (κ2) is 5.63. The van der Waals surface area contributed by atoms with Crippen LogP contribution in [0.5, 0.6) is 0 Å². The van der Waals surface area contributed by atoms with Gasteiger partial charge < -0.3 is 5.32 Å². The van der Waals surface area contributed by atoms with Gasteiger partial charge in [0.25, 0.3) is 0 Å². The highest BCUT2D eigenvalue weighted by Crippen LogP contribution is 2.21. The lowest BCUT2D eigenvalue weighted by molar-refractivity contribution is -0.135. The molecule has 1 aliphatic rings. The van der Waals surface area contributed by atoms with E-state index in [1.807, 2.05) is 0 Å². The predicted octanol–water partition coefficient (Wildman–Crippen LogP) is 2.66. The van der Waals surface area contributed by atoms with Gasteiger partial charge in [-0.1, -0.05) is 18.7 Å². The molecule has 88 valence electrons. The van der Waals surface area contributed by atoms with Gasteiger partial charge in [-0.15, -0.1) is 0 Å². The van der Waals surface area contributed by atoms with Crippen molar-refractivity contribution < 1.29 is 13.2 Å². The first kappa shape index (κ1) is 12.7. The Kier molecular flexibility index (Phi) is 4.76. The molecule has 1 aliphatic heterocycles. The van der Waals surface area contributed by atoms with Gasteiger partial charge in [-0.05, 0) is 12.3 Å². The third kappa shape index (κ3) is 5.92. The number of rotatable bonds is 3. The molecule has 2 nitrogen and oxygen atoms in total. The number of hydrogen-bond donors (Lipinski definition) is 1. The van der Waals surface area contributed by atoms with Crippen molar-refractivity contribution in [2.75, 3.05) is 18.8 Å². The Labute approximate surface area is 91.7 Å². The molecule has 0 radical (unpaired) electrons. The molecule has 0 aliphatic carbocycles. The first-order valence-electron chi connectivity index (χ1n) is 4.95. The lowest BCUT2D eigenvalue weighted by atomic mass is 10.2. The minimum Gasteiger partial charge on any atom is -0.365 e. The van der Waals surface area contributed by atoms with Gasteiger partial charge in [0.2, 0.25) is 0 Å². The maximum Gasteiger partial charge on any atom is 0.389 e. The summed E-state index contributed by atoms with van der Waals surface area (Å²) in [5.74, 6) is 1.56. The Bertz CT molecular complexity index is 228. The van der Waals surface area contributed by atoms with E-state index in [1.54, 1.807) is 11.8 Å². The Balaban J connectivity index is 2.10. The van der Waals surface area contributed by atoms with Crippen LogP contribution in [0.3, 0.4) is 0 Å². The molecule has 1 rings (SSSR count). The van der Waals surface area contributed by atoms with Crippen molar-refractivity contribution in [2.45, 2.75) is 25.9 Å². The van der Waals surface area contributed by atoms with E-state index in [0.29, 0.717) is 12.5 Å². The second-order valence-electron chi connectivity index (χ2n) is 3.71. The van der Waals surface area contributed by atoms with Crippen molar-refractivity contribution in [1.82, 2.24) is 5.32 Å². The van der Waals surface area contributed by atoms with Crippen LogP contribution < -0.4 is 5.32 Å². The molecule has 1 unspecified atom stereocenters. The minimum absolute atomic E-state index is 0.110. The monoisotopic (exact) mass is 240 g/mol. The van der Waals surface area contributed by atoms with Crippen LogP contribution >= 0.6 is 11.8 Å². The fourth-order valence-electron chi connectivity index (χ4n) is 1.15. The summed E-state index contributed by atoms with van der Waals surface area (Å²) < 4.78 is 35.4. The summed E-state index contributed by atoms with van der Waals surface area (Å²) in [4.78, 5) is 4.23. The van der Waals surface area contributed by atoms with Crippen LogP contribution in [0.2, 0.25) is 0 Å². The molecule has 0 saturated heterocycles. The third-order valence-corrected chi connectivity index (χ3v) is 3.25. The SMILES string of the molecule is CC1CN=C(NCCCC(F)(F)F)SC1. The molecule has 1 atom stereocenters. The largest absolute Gasteiger partial charge is 0.389 e. The van der Waals surface area contributed by atoms with Gasteiger partial charge in [0, 0.05) is 25.3 Å². The topological polar surface area (TPSA) is 24.4 Å². The van der Waals surface area contributed by atoms with Crippen molar-refractivity contribution in [3.8, 4) is 0 Å². The summed E-state index contributed by atoms with van der Waals surface area (Å²) in [6.45, 7) is 3.23. The van der Waals surface area contributed by atoms with Crippen LogP contribution in [0.25, 0.3) is 0 Å². The Morgan fingerprint density at radius 2 is 2.27 bits per heavy atom. The standard InChI is InChI=1S/C9H15F3N2S/c1-7-5-14-8(15-6-7)13-4-2-3-9(10,11)12/h7H,2-6H2,1H3,(H,13,14). The number of alkyl halides is 3. The quantitative estimate of drug-likeness (QED) is 0.767. The van der Waals surface area contributed by atoms with Crippen molar-refractivity contribution in [3.05, 3.63) is 0 Å². The van der Waals surface area contributed by atoms with Crippen molar-refractivity contribution in [3.63, 3.8) is 0 Å². The van der Waals surface area contributed by atoms with Gasteiger partial charge in [0.05, 0.1) is 0 Å². The van der Waals surface area contributed by atoms with E-state index >= 15 is 0 Å². The Morgan fingerprint density at radius 3 is 2.80 bits per heavy atom. The molecule has 0 aromatic heterocycles. The summed E-state index contributed by atoms with van der Waals surface area (Å²) >= 11 is 1.59. The molecule has 15 heavy (non-hydrogen) atoms. The van der Waals surface area contributed by atoms with Crippen LogP contribution in [0, 0.1) is 5.92 Å². The van der Waals surface area contributed by atoms with Crippen LogP contribution in [-0.2, 0) is 0 Å². The highest BCUT2D eigenvalue weighted by molar-refractivity contribution is 8.13. The maximum absolute atomic E-state index is 11.8. The number of nitrogens with zero attached hydrogens (tertiary/aromatic N) is 1. The smallest absolute Gasteiger partial charge is 0.365 e. The normalized spacial score (nSPS) is 22.4. The molecule has 0 amide bonds. The molecule has 0 fully saturated rings. The molecule has 0 aromatic carbocycles. The van der Waals surface area contributed by atoms with Crippen molar-refractivity contribution in [1.29, 1.82) is 0 Å². The van der Waals surface area contributed by atoms with Crippen LogP contribution in [-0.4, -0.2) is 30.2 Å². The zero-order valence-electron chi connectivity index (χ0n) is 8.60. The average molecular weight is 240 g/mol. The van der Waals surface area contributed by atoms with Gasteiger partial charge in [-0.3, -0.25) is 4.99 Å². The fourth-order valence-corrected chi connectivity index (χ4v) is 2.07. The van der Waals surface area contributed by atoms with Crippen molar-refractivity contribution in [2.24, 2.45) is 10.9 Å². The summed E-state index contributed by atoms with van der Waals surface area (Å²) in [5, 5.41) is 3.71. The Morgan fingerprint density at radius 1 is 1.53 bits per heavy atom. The van der Waals surface area contributed by atoms with E-state index in [0.717, 1.165) is 17.5 Å². The molecule has 1 N–H and O–H groups in total. The number of nitrogens with one attached hydrogen (secondary N) is 1. The number of halogens is 3. The molecule has 1 heterocycles. The van der Waals surface area contributed by atoms with E-state index in [2.05, 4.69) is 17.2 Å². The molecule has 0 saturated carbocycles. The van der Waals surface area contributed by atoms with E-state index in [-0.39, 0.29) is 6.42 Å². The molecular formula is C9H15F3N2S. The number of thioether (sulfide) groups is 1. The highest BCUT2D eigenvalue weighted by Gasteiger charge is 2.25. The summed E-state index contributed by atoms with van der Waals surface area (Å²) in [5.41, 5.74) is 0. The zero-order valence-corrected chi connectivity index (χ0v) is 9.42. The molecular weight excluding hydrogens is 225 g/mol. The summed E-state index contributed by atoms with van der Waals surface area (Å²) in [6.07, 6.45) is -4.66. The first-order valence-corrected chi connectivity index (χ1v) is 5.94. The van der Waals surface area contributed by atoms with Gasteiger partial charge in [0.1, 0.15) is 0 Å². The van der Waals surface area contributed by atoms with E-state index in [9.17, 15) is 13.2 Å². The zero-order chi connectivity index (χ0) is 11.3. The number of hydrogen-bond acceptors (Lipinski definition) is 3. The fraction of sp³-hybridized carbons (Fsp3) is 0.889. The van der Waals surface area contributed by atoms with Gasteiger partial charge >= 0.3 is 6.18 Å². The highest BCUT2D eigenvalue weighted by atomic mass is 32.2. The van der Waals surface area contributed by atoms with E-state index < -0.39 is 12.6 Å². The van der Waals surface area contributed by atoms with Crippen molar-refractivity contribution >= 4 is 16.9 Å². The van der Waals surface area contributed by atoms with Crippen LogP contribution in [0.15, 0.2) is 4.99 Å². The molecule has 0 aromatic rings. The number of amidine groups is 1. The van der Waals surface area contributed by atoms with Gasteiger partial charge in [-0.25, -0.2) is 0 Å². The summed E-state index contributed by atoms with van der Waals surface area (Å²) in [6, 6.07) is 0.